The molecule has 2 bridgehead atoms. The van der Waals surface area contributed by atoms with Gasteiger partial charge in [-0.15, -0.1) is 0 Å². The van der Waals surface area contributed by atoms with Crippen LogP contribution in [0.2, 0.25) is 0 Å². The molecule has 2 rings (SSSR count). The minimum Gasteiger partial charge on any atom is -0.480 e. The number of carbonyl (C=O) groups is 1. The van der Waals surface area contributed by atoms with E-state index in [4.69, 9.17) is 0 Å². The molecule has 0 radical (unpaired) electrons. The number of piperidine rings is 1. The van der Waals surface area contributed by atoms with Crippen LogP contribution in [0.15, 0.2) is 0 Å². The summed E-state index contributed by atoms with van der Waals surface area (Å²) in [6.45, 7) is 11.0. The van der Waals surface area contributed by atoms with E-state index < -0.39 is 5.97 Å². The van der Waals surface area contributed by atoms with Crippen LogP contribution in [0.3, 0.4) is 0 Å². The molecule has 3 atom stereocenters. The minimum absolute atomic E-state index is 0.385. The number of hydrogen-bond donors (Lipinski definition) is 2. The molecule has 1 aliphatic carbocycles. The first-order chi connectivity index (χ1) is 9.88. The van der Waals surface area contributed by atoms with Gasteiger partial charge in [-0.25, -0.2) is 0 Å². The number of nitrogens with zero attached hydrogens (tertiary/aromatic N) is 1. The third-order valence-corrected chi connectivity index (χ3v) is 5.23. The van der Waals surface area contributed by atoms with Crippen molar-refractivity contribution in [3.05, 3.63) is 0 Å². The zero-order valence-corrected chi connectivity index (χ0v) is 14.0. The zero-order valence-electron chi connectivity index (χ0n) is 14.0. The van der Waals surface area contributed by atoms with E-state index in [1.54, 1.807) is 0 Å². The van der Waals surface area contributed by atoms with Crippen molar-refractivity contribution < 1.29 is 9.90 Å². The van der Waals surface area contributed by atoms with Crippen molar-refractivity contribution in [2.75, 3.05) is 13.1 Å². The summed E-state index contributed by atoms with van der Waals surface area (Å²) < 4.78 is 0. The van der Waals surface area contributed by atoms with Gasteiger partial charge in [-0.05, 0) is 50.9 Å². The Morgan fingerprint density at radius 1 is 1.19 bits per heavy atom. The summed E-state index contributed by atoms with van der Waals surface area (Å²) in [6.07, 6.45) is 4.51. The molecular weight excluding hydrogens is 264 g/mol. The highest BCUT2D eigenvalue weighted by Crippen LogP contribution is 2.36. The summed E-state index contributed by atoms with van der Waals surface area (Å²) in [5.74, 6) is 0.963. The molecule has 0 aromatic carbocycles. The van der Waals surface area contributed by atoms with Crippen molar-refractivity contribution in [3.63, 3.8) is 0 Å². The number of likely N-dealkylation sites (tertiary alicyclic amines) is 1. The third-order valence-electron chi connectivity index (χ3n) is 5.23. The molecule has 0 spiro atoms. The Hall–Kier alpha value is -0.610. The molecule has 0 aromatic rings. The molecule has 2 fully saturated rings. The fraction of sp³-hybridized carbons (Fsp3) is 0.941. The van der Waals surface area contributed by atoms with E-state index in [2.05, 4.69) is 37.9 Å². The Morgan fingerprint density at radius 3 is 2.19 bits per heavy atom. The second-order valence-electron chi connectivity index (χ2n) is 7.71. The van der Waals surface area contributed by atoms with E-state index in [0.29, 0.717) is 29.8 Å². The summed E-state index contributed by atoms with van der Waals surface area (Å²) in [5, 5.41) is 13.0. The summed E-state index contributed by atoms with van der Waals surface area (Å²) in [5.41, 5.74) is 0. The van der Waals surface area contributed by atoms with E-state index in [9.17, 15) is 9.90 Å². The van der Waals surface area contributed by atoms with Crippen LogP contribution in [0.5, 0.6) is 0 Å². The van der Waals surface area contributed by atoms with Crippen molar-refractivity contribution in [1.82, 2.24) is 10.2 Å². The van der Waals surface area contributed by atoms with E-state index in [1.807, 2.05) is 0 Å². The Kier molecular flexibility index (Phi) is 5.67. The number of carboxylic acid groups (broad SMARTS) is 1. The maximum atomic E-state index is 11.5. The van der Waals surface area contributed by atoms with Crippen molar-refractivity contribution in [2.45, 2.75) is 71.5 Å². The summed E-state index contributed by atoms with van der Waals surface area (Å²) >= 11 is 0. The molecule has 2 aliphatic rings. The van der Waals surface area contributed by atoms with E-state index in [0.717, 1.165) is 19.5 Å². The lowest BCUT2D eigenvalue weighted by Gasteiger charge is -2.49. The van der Waals surface area contributed by atoms with Gasteiger partial charge in [0.25, 0.3) is 0 Å². The Labute approximate surface area is 129 Å². The molecule has 0 aromatic heterocycles. The van der Waals surface area contributed by atoms with Crippen LogP contribution in [0.25, 0.3) is 0 Å². The largest absolute Gasteiger partial charge is 0.480 e. The van der Waals surface area contributed by atoms with Crippen LogP contribution >= 0.6 is 0 Å². The van der Waals surface area contributed by atoms with Gasteiger partial charge in [0, 0.05) is 25.2 Å². The highest BCUT2D eigenvalue weighted by molar-refractivity contribution is 5.73. The van der Waals surface area contributed by atoms with Crippen LogP contribution in [-0.4, -0.2) is 47.2 Å². The molecule has 21 heavy (non-hydrogen) atoms. The zero-order chi connectivity index (χ0) is 15.6. The molecule has 122 valence electrons. The van der Waals surface area contributed by atoms with Gasteiger partial charge < -0.3 is 15.3 Å². The SMILES string of the molecule is CC(C)CC(NC1C2CCCC1CN(C(C)C)C2)C(=O)O. The number of hydrogen-bond acceptors (Lipinski definition) is 3. The lowest BCUT2D eigenvalue weighted by atomic mass is 9.72. The van der Waals surface area contributed by atoms with Gasteiger partial charge in [-0.3, -0.25) is 4.79 Å². The molecule has 1 aliphatic heterocycles. The smallest absolute Gasteiger partial charge is 0.320 e. The highest BCUT2D eigenvalue weighted by atomic mass is 16.4. The molecule has 1 heterocycles. The molecule has 1 saturated heterocycles. The Morgan fingerprint density at radius 2 is 1.76 bits per heavy atom. The highest BCUT2D eigenvalue weighted by Gasteiger charge is 2.41. The fourth-order valence-electron chi connectivity index (χ4n) is 4.11. The van der Waals surface area contributed by atoms with Gasteiger partial charge in [0.2, 0.25) is 0 Å². The molecule has 4 nitrogen and oxygen atoms in total. The maximum absolute atomic E-state index is 11.5. The van der Waals surface area contributed by atoms with Gasteiger partial charge in [0.05, 0.1) is 0 Å². The van der Waals surface area contributed by atoms with Gasteiger partial charge in [0.1, 0.15) is 6.04 Å². The average molecular weight is 296 g/mol. The number of aliphatic carboxylic acids is 1. The van der Waals surface area contributed by atoms with Gasteiger partial charge in [0.15, 0.2) is 0 Å². The predicted molar refractivity (Wildman–Crippen MR) is 85.3 cm³/mol. The summed E-state index contributed by atoms with van der Waals surface area (Å²) in [4.78, 5) is 14.1. The quantitative estimate of drug-likeness (QED) is 0.791. The van der Waals surface area contributed by atoms with Crippen molar-refractivity contribution in [1.29, 1.82) is 0 Å². The van der Waals surface area contributed by atoms with Gasteiger partial charge in [-0.2, -0.15) is 0 Å². The van der Waals surface area contributed by atoms with Crippen LogP contribution in [0.4, 0.5) is 0 Å². The topological polar surface area (TPSA) is 52.6 Å². The molecule has 4 heteroatoms. The van der Waals surface area contributed by atoms with Crippen LogP contribution in [0, 0.1) is 17.8 Å². The van der Waals surface area contributed by atoms with Crippen molar-refractivity contribution in [2.24, 2.45) is 17.8 Å². The van der Waals surface area contributed by atoms with Gasteiger partial charge >= 0.3 is 5.97 Å². The van der Waals surface area contributed by atoms with Crippen LogP contribution in [0.1, 0.15) is 53.4 Å². The third kappa shape index (κ3) is 4.19. The lowest BCUT2D eigenvalue weighted by molar-refractivity contribution is -0.140. The second-order valence-corrected chi connectivity index (χ2v) is 7.71. The Balaban J connectivity index is 2.03. The van der Waals surface area contributed by atoms with Crippen LogP contribution < -0.4 is 5.32 Å². The first-order valence-electron chi connectivity index (χ1n) is 8.61. The first kappa shape index (κ1) is 16.8. The van der Waals surface area contributed by atoms with E-state index >= 15 is 0 Å². The summed E-state index contributed by atoms with van der Waals surface area (Å²) in [7, 11) is 0. The van der Waals surface area contributed by atoms with Crippen LogP contribution in [-0.2, 0) is 4.79 Å². The molecule has 2 N–H and O–H groups in total. The normalized spacial score (nSPS) is 31.6. The van der Waals surface area contributed by atoms with Crippen molar-refractivity contribution >= 4 is 5.97 Å². The fourth-order valence-corrected chi connectivity index (χ4v) is 4.11. The monoisotopic (exact) mass is 296 g/mol. The maximum Gasteiger partial charge on any atom is 0.320 e. The standard InChI is InChI=1S/C17H32N2O2/c1-11(2)8-15(17(20)21)18-16-13-6-5-7-14(16)10-19(9-13)12(3)4/h11-16,18H,5-10H2,1-4H3,(H,20,21). The van der Waals surface area contributed by atoms with E-state index in [1.165, 1.54) is 19.3 Å². The predicted octanol–water partition coefficient (Wildman–Crippen LogP) is 2.58. The number of nitrogens with one attached hydrogen (secondary N) is 1. The molecular formula is C17H32N2O2. The lowest BCUT2D eigenvalue weighted by Crippen LogP contribution is -2.61. The molecule has 3 unspecified atom stereocenters. The molecule has 1 saturated carbocycles. The minimum atomic E-state index is -0.687. The number of rotatable bonds is 6. The number of carboxylic acids is 1. The number of fused-ring (bicyclic) bond motifs is 2. The molecule has 0 amide bonds. The van der Waals surface area contributed by atoms with Crippen molar-refractivity contribution in [3.8, 4) is 0 Å². The second kappa shape index (κ2) is 7.10. The van der Waals surface area contributed by atoms with E-state index in [-0.39, 0.29) is 6.04 Å². The first-order valence-corrected chi connectivity index (χ1v) is 8.61. The Bertz CT molecular complexity index is 343. The summed E-state index contributed by atoms with van der Waals surface area (Å²) in [6, 6.07) is 0.609. The average Bonchev–Trinajstić information content (AvgIpc) is 2.36. The van der Waals surface area contributed by atoms with Gasteiger partial charge in [-0.1, -0.05) is 20.3 Å².